The molecule has 0 fully saturated rings. The van der Waals surface area contributed by atoms with Gasteiger partial charge in [-0.15, -0.1) is 0 Å². The minimum Gasteiger partial charge on any atom is -0.292 e. The molecule has 0 aliphatic heterocycles. The summed E-state index contributed by atoms with van der Waals surface area (Å²) in [7, 11) is 0. The SMILES string of the molecule is Fc1ccc(-c2nc3ccccc3n2-c2cc(-c3nc(-c4ccccc4)nc(-c4cccc(-c5ccc6c(c5)nc(-c5cccc(F)c5)n6-c5cc(-c6nc(-c7ccccc7)nc(-c7ccccc7)n6)cc(-n6c(-c7cccc(F)c7)nc7ccccc76)c5)c4)n3)cc(-n3c(-c4ccc(F)cc4)nc4ccccc43)c2)cc1. The molecule has 14 aromatic carbocycles. The van der Waals surface area contributed by atoms with E-state index in [0.29, 0.717) is 148 Å². The van der Waals surface area contributed by atoms with E-state index < -0.39 is 11.6 Å². The van der Waals surface area contributed by atoms with Gasteiger partial charge in [-0.2, -0.15) is 0 Å². The minimum atomic E-state index is -0.449. The Labute approximate surface area is 637 Å². The number of aromatic nitrogens is 14. The summed E-state index contributed by atoms with van der Waals surface area (Å²) in [5, 5.41) is 0. The highest BCUT2D eigenvalue weighted by atomic mass is 19.1. The molecule has 112 heavy (non-hydrogen) atoms. The Bertz CT molecular complexity index is 6860. The lowest BCUT2D eigenvalue weighted by molar-refractivity contribution is 0.627. The zero-order chi connectivity index (χ0) is 74.9. The fraction of sp³-hybridized carbons (Fsp3) is 0. The predicted molar refractivity (Wildman–Crippen MR) is 431 cm³/mol. The van der Waals surface area contributed by atoms with Crippen LogP contribution < -0.4 is 0 Å². The molecule has 0 N–H and O–H groups in total. The van der Waals surface area contributed by atoms with Crippen LogP contribution in [0.15, 0.2) is 340 Å². The van der Waals surface area contributed by atoms with Gasteiger partial charge >= 0.3 is 0 Å². The number of hydrogen-bond donors (Lipinski definition) is 0. The zero-order valence-corrected chi connectivity index (χ0v) is 59.1. The molecule has 0 unspecified atom stereocenters. The Morgan fingerprint density at radius 3 is 0.839 bits per heavy atom. The van der Waals surface area contributed by atoms with E-state index in [1.165, 1.54) is 48.5 Å². The Morgan fingerprint density at radius 1 is 0.161 bits per heavy atom. The van der Waals surface area contributed by atoms with Gasteiger partial charge < -0.3 is 0 Å². The summed E-state index contributed by atoms with van der Waals surface area (Å²) in [5.74, 6) is 2.86. The second kappa shape index (κ2) is 27.5. The van der Waals surface area contributed by atoms with Crippen LogP contribution in [-0.2, 0) is 0 Å². The van der Waals surface area contributed by atoms with Crippen molar-refractivity contribution in [3.63, 3.8) is 0 Å². The van der Waals surface area contributed by atoms with Crippen molar-refractivity contribution in [1.29, 1.82) is 0 Å². The fourth-order valence-corrected chi connectivity index (χ4v) is 14.7. The van der Waals surface area contributed by atoms with E-state index in [9.17, 15) is 8.78 Å². The molecular weight excluding hydrogens is 1400 g/mol. The van der Waals surface area contributed by atoms with Crippen molar-refractivity contribution in [3.8, 4) is 148 Å². The molecule has 0 amide bonds. The van der Waals surface area contributed by atoms with Gasteiger partial charge in [-0.05, 0) is 175 Å². The van der Waals surface area contributed by atoms with Gasteiger partial charge in [0.2, 0.25) is 0 Å². The van der Waals surface area contributed by atoms with Gasteiger partial charge in [-0.1, -0.05) is 176 Å². The molecule has 0 radical (unpaired) electrons. The van der Waals surface area contributed by atoms with E-state index in [1.807, 2.05) is 258 Å². The second-order valence-electron chi connectivity index (χ2n) is 27.1. The largest absolute Gasteiger partial charge is 0.292 e. The van der Waals surface area contributed by atoms with Crippen LogP contribution in [0.2, 0.25) is 0 Å². The molecule has 0 bridgehead atoms. The van der Waals surface area contributed by atoms with Crippen molar-refractivity contribution < 1.29 is 17.6 Å². The number of para-hydroxylation sites is 6. The van der Waals surface area contributed by atoms with Crippen LogP contribution in [0.4, 0.5) is 17.6 Å². The number of halogens is 4. The van der Waals surface area contributed by atoms with Crippen molar-refractivity contribution in [2.45, 2.75) is 0 Å². The van der Waals surface area contributed by atoms with Crippen LogP contribution >= 0.6 is 0 Å². The van der Waals surface area contributed by atoms with Crippen LogP contribution in [0.25, 0.3) is 192 Å². The van der Waals surface area contributed by atoms with E-state index >= 15 is 8.78 Å². The maximum Gasteiger partial charge on any atom is 0.164 e. The number of fused-ring (bicyclic) bond motifs is 4. The van der Waals surface area contributed by atoms with E-state index in [4.69, 9.17) is 49.8 Å². The molecule has 0 aliphatic rings. The van der Waals surface area contributed by atoms with Gasteiger partial charge in [-0.3, -0.25) is 18.3 Å². The van der Waals surface area contributed by atoms with Crippen molar-refractivity contribution >= 4 is 44.1 Å². The summed E-state index contributed by atoms with van der Waals surface area (Å²) in [5.41, 5.74) is 16.6. The van der Waals surface area contributed by atoms with Gasteiger partial charge in [0.25, 0.3) is 0 Å². The van der Waals surface area contributed by atoms with Crippen LogP contribution in [-0.4, -0.2) is 68.1 Å². The first-order valence-corrected chi connectivity index (χ1v) is 36.2. The average molecular weight is 1460 g/mol. The molecule has 14 nitrogen and oxygen atoms in total. The van der Waals surface area contributed by atoms with E-state index in [2.05, 4.69) is 15.2 Å². The monoisotopic (exact) mass is 1460 g/mol. The zero-order valence-electron chi connectivity index (χ0n) is 59.1. The Hall–Kier alpha value is -15.3. The molecule has 0 aliphatic carbocycles. The molecule has 18 heteroatoms. The van der Waals surface area contributed by atoms with Crippen molar-refractivity contribution in [2.75, 3.05) is 0 Å². The number of imidazole rings is 4. The first kappa shape index (κ1) is 66.2. The maximum atomic E-state index is 15.9. The summed E-state index contributed by atoms with van der Waals surface area (Å²) < 4.78 is 69.1. The van der Waals surface area contributed by atoms with E-state index in [-0.39, 0.29) is 11.6 Å². The highest BCUT2D eigenvalue weighted by Gasteiger charge is 2.26. The molecule has 530 valence electrons. The molecule has 0 saturated carbocycles. The van der Waals surface area contributed by atoms with Gasteiger partial charge in [0.1, 0.15) is 46.6 Å². The summed E-state index contributed by atoms with van der Waals surface area (Å²) >= 11 is 0. The molecule has 6 heterocycles. The second-order valence-corrected chi connectivity index (χ2v) is 27.1. The summed E-state index contributed by atoms with van der Waals surface area (Å²) in [4.78, 5) is 52.5. The van der Waals surface area contributed by atoms with Crippen molar-refractivity contribution in [3.05, 3.63) is 363 Å². The molecule has 6 aromatic heterocycles. The Balaban J connectivity index is 0.769. The lowest BCUT2D eigenvalue weighted by Gasteiger charge is -2.17. The number of benzene rings is 14. The molecule has 0 spiro atoms. The normalized spacial score (nSPS) is 11.6. The predicted octanol–water partition coefficient (Wildman–Crippen LogP) is 22.3. The van der Waals surface area contributed by atoms with Gasteiger partial charge in [0.05, 0.1) is 66.9 Å². The number of nitrogens with zero attached hydrogens (tertiary/aromatic N) is 14. The molecule has 20 aromatic rings. The molecule has 0 saturated heterocycles. The quantitative estimate of drug-likeness (QED) is 0.0908. The molecule has 20 rings (SSSR count). The highest BCUT2D eigenvalue weighted by Crippen LogP contribution is 2.41. The first-order chi connectivity index (χ1) is 55.1. The van der Waals surface area contributed by atoms with Crippen LogP contribution in [0, 0.1) is 23.3 Å². The third-order valence-electron chi connectivity index (χ3n) is 19.9. The third kappa shape index (κ3) is 12.2. The molecule has 0 atom stereocenters. The number of rotatable bonds is 15. The van der Waals surface area contributed by atoms with Crippen LogP contribution in [0.3, 0.4) is 0 Å². The maximum absolute atomic E-state index is 15.9. The standard InChI is InChI=1S/C94H56F4N14/c95-69-42-37-60(38-43-69)91-99-77-31-10-13-34-81(77)109(91)73-50-68(51-74(55-73)110-82-35-14-11-32-78(82)100-92(110)61-39-44-70(96)45-40-61)90-107-87(59-23-8-3-9-24-59)104-88(108-90)64-26-16-25-62(47-64)63-41-46-84-80(54-63)102-94(66-28-18-30-72(98)49-66)112(84)76-53-67(89-105-85(57-19-4-1-5-20-57)103-86(106-89)58-21-6-2-7-22-58)52-75(56-76)111-83-36-15-12-33-79(83)101-93(111)65-27-17-29-71(97)48-65/h1-56H. The van der Waals surface area contributed by atoms with Crippen LogP contribution in [0.1, 0.15) is 0 Å². The summed E-state index contributed by atoms with van der Waals surface area (Å²) in [6, 6.07) is 104. The Kier molecular flexibility index (Phi) is 16.2. The van der Waals surface area contributed by atoms with Crippen LogP contribution in [0.5, 0.6) is 0 Å². The fourth-order valence-electron chi connectivity index (χ4n) is 14.7. The number of hydrogen-bond acceptors (Lipinski definition) is 10. The van der Waals surface area contributed by atoms with Gasteiger partial charge in [0.15, 0.2) is 34.9 Å². The topological polar surface area (TPSA) is 149 Å². The smallest absolute Gasteiger partial charge is 0.164 e. The van der Waals surface area contributed by atoms with Gasteiger partial charge in [0, 0.05) is 55.6 Å². The summed E-state index contributed by atoms with van der Waals surface area (Å²) in [6.07, 6.45) is 0. The van der Waals surface area contributed by atoms with Crippen molar-refractivity contribution in [1.82, 2.24) is 68.1 Å². The lowest BCUT2D eigenvalue weighted by atomic mass is 10.0. The highest BCUT2D eigenvalue weighted by molar-refractivity contribution is 5.92. The third-order valence-corrected chi connectivity index (χ3v) is 19.9. The molecular formula is C94H56F4N14. The van der Waals surface area contributed by atoms with Crippen molar-refractivity contribution in [2.24, 2.45) is 0 Å². The lowest BCUT2D eigenvalue weighted by Crippen LogP contribution is -2.05. The van der Waals surface area contributed by atoms with E-state index in [0.717, 1.165) is 44.4 Å². The minimum absolute atomic E-state index is 0.345. The Morgan fingerprint density at radius 2 is 0.446 bits per heavy atom. The first-order valence-electron chi connectivity index (χ1n) is 36.2. The summed E-state index contributed by atoms with van der Waals surface area (Å²) in [6.45, 7) is 0. The van der Waals surface area contributed by atoms with E-state index in [1.54, 1.807) is 36.4 Å². The van der Waals surface area contributed by atoms with Gasteiger partial charge in [-0.25, -0.2) is 67.4 Å². The average Bonchev–Trinajstić information content (AvgIpc) is 1.58.